The second-order valence-corrected chi connectivity index (χ2v) is 12.6. The summed E-state index contributed by atoms with van der Waals surface area (Å²) in [6.45, 7) is 2.26. The molecule has 1 atom stereocenters. The Hall–Kier alpha value is -2.08. The summed E-state index contributed by atoms with van der Waals surface area (Å²) in [5.41, 5.74) is 1.06. The number of likely N-dealkylation sites (N-methyl/N-ethyl adjacent to an activating group) is 1. The van der Waals surface area contributed by atoms with Crippen molar-refractivity contribution in [3.8, 4) is 0 Å². The molecule has 36 heavy (non-hydrogen) atoms. The van der Waals surface area contributed by atoms with E-state index in [2.05, 4.69) is 9.88 Å². The molecule has 0 radical (unpaired) electrons. The van der Waals surface area contributed by atoms with Gasteiger partial charge in [0.1, 0.15) is 5.52 Å². The number of carbonyl (C=O) groups excluding carboxylic acids is 1. The van der Waals surface area contributed by atoms with Gasteiger partial charge in [-0.05, 0) is 76.3 Å². The minimum absolute atomic E-state index is 0.0799. The summed E-state index contributed by atoms with van der Waals surface area (Å²) < 4.78 is 33.9. The standard InChI is InChI=1S/C25H31ClN4O4S2/c1-28(2)14-6-15-30(25-27-23-21(26)8-4-9-22(23)35-25)24(31)18-10-12-20(13-11-18)36(32,33)29(3)17-19-7-5-16-34-19/h4,8-13,19H,5-7,14-17H2,1-3H3. The van der Waals surface area contributed by atoms with Crippen molar-refractivity contribution in [1.82, 2.24) is 14.2 Å². The number of nitrogens with zero attached hydrogens (tertiary/aromatic N) is 4. The molecule has 1 saturated heterocycles. The molecule has 0 bridgehead atoms. The first-order chi connectivity index (χ1) is 17.2. The fraction of sp³-hybridized carbons (Fsp3) is 0.440. The van der Waals surface area contributed by atoms with Crippen LogP contribution in [-0.2, 0) is 14.8 Å². The van der Waals surface area contributed by atoms with Gasteiger partial charge in [-0.2, -0.15) is 4.31 Å². The van der Waals surface area contributed by atoms with E-state index in [4.69, 9.17) is 16.3 Å². The smallest absolute Gasteiger partial charge is 0.260 e. The van der Waals surface area contributed by atoms with Crippen LogP contribution in [0.4, 0.5) is 5.13 Å². The third-order valence-electron chi connectivity index (χ3n) is 6.12. The monoisotopic (exact) mass is 550 g/mol. The van der Waals surface area contributed by atoms with Crippen molar-refractivity contribution >= 4 is 54.2 Å². The number of carbonyl (C=O) groups is 1. The minimum Gasteiger partial charge on any atom is -0.377 e. The van der Waals surface area contributed by atoms with Crippen LogP contribution in [0.25, 0.3) is 10.2 Å². The van der Waals surface area contributed by atoms with Gasteiger partial charge in [-0.1, -0.05) is 29.0 Å². The van der Waals surface area contributed by atoms with Crippen molar-refractivity contribution in [1.29, 1.82) is 0 Å². The summed E-state index contributed by atoms with van der Waals surface area (Å²) in [6.07, 6.45) is 2.47. The lowest BCUT2D eigenvalue weighted by Crippen LogP contribution is -2.34. The second-order valence-electron chi connectivity index (χ2n) is 9.14. The molecule has 2 aromatic carbocycles. The van der Waals surface area contributed by atoms with Crippen LogP contribution in [-0.4, -0.2) is 82.0 Å². The van der Waals surface area contributed by atoms with Gasteiger partial charge in [-0.3, -0.25) is 9.69 Å². The Bertz CT molecular complexity index is 1310. The number of ether oxygens (including phenoxy) is 1. The van der Waals surface area contributed by atoms with Crippen molar-refractivity contribution < 1.29 is 17.9 Å². The maximum absolute atomic E-state index is 13.6. The molecule has 1 amide bonds. The van der Waals surface area contributed by atoms with E-state index in [0.29, 0.717) is 40.9 Å². The maximum atomic E-state index is 13.6. The lowest BCUT2D eigenvalue weighted by atomic mass is 10.2. The van der Waals surface area contributed by atoms with Gasteiger partial charge in [0.25, 0.3) is 5.91 Å². The van der Waals surface area contributed by atoms with Crippen molar-refractivity contribution in [2.45, 2.75) is 30.3 Å². The Kier molecular flexibility index (Phi) is 8.64. The number of hydrogen-bond donors (Lipinski definition) is 0. The van der Waals surface area contributed by atoms with E-state index in [1.165, 1.54) is 27.8 Å². The fourth-order valence-corrected chi connectivity index (χ4v) is 6.62. The normalized spacial score (nSPS) is 16.3. The van der Waals surface area contributed by atoms with Crippen LogP contribution >= 0.6 is 22.9 Å². The van der Waals surface area contributed by atoms with Crippen molar-refractivity contribution in [2.24, 2.45) is 0 Å². The minimum atomic E-state index is -3.69. The number of aromatic nitrogens is 1. The van der Waals surface area contributed by atoms with Gasteiger partial charge in [-0.25, -0.2) is 13.4 Å². The Morgan fingerprint density at radius 2 is 1.89 bits per heavy atom. The van der Waals surface area contributed by atoms with Gasteiger partial charge < -0.3 is 9.64 Å². The van der Waals surface area contributed by atoms with E-state index in [9.17, 15) is 13.2 Å². The van der Waals surface area contributed by atoms with Gasteiger partial charge in [-0.15, -0.1) is 0 Å². The zero-order valence-corrected chi connectivity index (χ0v) is 23.1. The Morgan fingerprint density at radius 1 is 1.14 bits per heavy atom. The number of halogens is 1. The van der Waals surface area contributed by atoms with Crippen LogP contribution in [0.2, 0.25) is 5.02 Å². The van der Waals surface area contributed by atoms with E-state index in [0.717, 1.165) is 30.5 Å². The van der Waals surface area contributed by atoms with Crippen molar-refractivity contribution in [3.05, 3.63) is 53.1 Å². The predicted molar refractivity (Wildman–Crippen MR) is 145 cm³/mol. The number of thiazole rings is 1. The Balaban J connectivity index is 1.56. The first-order valence-corrected chi connectivity index (χ1v) is 14.5. The number of amides is 1. The molecular weight excluding hydrogens is 520 g/mol. The number of fused-ring (bicyclic) bond motifs is 1. The van der Waals surface area contributed by atoms with Crippen LogP contribution in [0.3, 0.4) is 0 Å². The zero-order valence-electron chi connectivity index (χ0n) is 20.7. The van der Waals surface area contributed by atoms with Crippen LogP contribution < -0.4 is 4.90 Å². The van der Waals surface area contributed by atoms with E-state index in [-0.39, 0.29) is 16.9 Å². The number of para-hydroxylation sites is 1. The molecule has 1 fully saturated rings. The van der Waals surface area contributed by atoms with Crippen LogP contribution in [0.15, 0.2) is 47.4 Å². The lowest BCUT2D eigenvalue weighted by molar-refractivity contribution is 0.0978. The molecule has 1 aliphatic rings. The van der Waals surface area contributed by atoms with Gasteiger partial charge in [0.2, 0.25) is 10.0 Å². The summed E-state index contributed by atoms with van der Waals surface area (Å²) >= 11 is 7.73. The highest BCUT2D eigenvalue weighted by molar-refractivity contribution is 7.89. The molecule has 194 valence electrons. The number of benzene rings is 2. The Labute approximate surface area is 221 Å². The van der Waals surface area contributed by atoms with E-state index in [1.54, 1.807) is 30.1 Å². The third kappa shape index (κ3) is 6.07. The van der Waals surface area contributed by atoms with Gasteiger partial charge in [0, 0.05) is 32.3 Å². The molecule has 0 spiro atoms. The van der Waals surface area contributed by atoms with Crippen LogP contribution in [0.5, 0.6) is 0 Å². The average Bonchev–Trinajstić information content (AvgIpc) is 3.52. The highest BCUT2D eigenvalue weighted by Crippen LogP contribution is 2.33. The summed E-state index contributed by atoms with van der Waals surface area (Å²) in [5, 5.41) is 1.10. The Morgan fingerprint density at radius 3 is 2.53 bits per heavy atom. The second kappa shape index (κ2) is 11.5. The summed E-state index contributed by atoms with van der Waals surface area (Å²) in [5.74, 6) is -0.236. The van der Waals surface area contributed by atoms with Crippen LogP contribution in [0.1, 0.15) is 29.6 Å². The molecule has 4 rings (SSSR count). The van der Waals surface area contributed by atoms with E-state index in [1.807, 2.05) is 26.2 Å². The van der Waals surface area contributed by atoms with Crippen LogP contribution in [0, 0.1) is 0 Å². The third-order valence-corrected chi connectivity index (χ3v) is 9.30. The predicted octanol–water partition coefficient (Wildman–Crippen LogP) is 4.35. The number of rotatable bonds is 10. The molecule has 11 heteroatoms. The first-order valence-electron chi connectivity index (χ1n) is 11.9. The largest absolute Gasteiger partial charge is 0.377 e. The molecule has 0 saturated carbocycles. The van der Waals surface area contributed by atoms with E-state index < -0.39 is 10.0 Å². The summed E-state index contributed by atoms with van der Waals surface area (Å²) in [6, 6.07) is 11.7. The molecule has 1 aliphatic heterocycles. The molecule has 3 aromatic rings. The first kappa shape index (κ1) is 27.0. The van der Waals surface area contributed by atoms with Gasteiger partial charge >= 0.3 is 0 Å². The van der Waals surface area contributed by atoms with E-state index >= 15 is 0 Å². The molecule has 0 N–H and O–H groups in total. The molecular formula is C25H31ClN4O4S2. The zero-order chi connectivity index (χ0) is 25.9. The van der Waals surface area contributed by atoms with Gasteiger partial charge in [0.15, 0.2) is 5.13 Å². The summed E-state index contributed by atoms with van der Waals surface area (Å²) in [4.78, 5) is 22.1. The highest BCUT2D eigenvalue weighted by atomic mass is 35.5. The number of sulfonamides is 1. The average molecular weight is 551 g/mol. The van der Waals surface area contributed by atoms with Gasteiger partial charge in [0.05, 0.1) is 20.7 Å². The SMILES string of the molecule is CN(C)CCCN(C(=O)c1ccc(S(=O)(=O)N(C)CC2CCCO2)cc1)c1nc2c(Cl)cccc2s1. The van der Waals surface area contributed by atoms with Crippen molar-refractivity contribution in [3.63, 3.8) is 0 Å². The molecule has 8 nitrogen and oxygen atoms in total. The molecule has 1 aromatic heterocycles. The maximum Gasteiger partial charge on any atom is 0.260 e. The summed E-state index contributed by atoms with van der Waals surface area (Å²) in [7, 11) is 1.84. The quantitative estimate of drug-likeness (QED) is 0.373. The highest BCUT2D eigenvalue weighted by Gasteiger charge is 2.27. The molecule has 1 unspecified atom stereocenters. The molecule has 2 heterocycles. The fourth-order valence-electron chi connectivity index (χ4n) is 4.13. The lowest BCUT2D eigenvalue weighted by Gasteiger charge is -2.22. The topological polar surface area (TPSA) is 83.1 Å². The number of anilines is 1. The van der Waals surface area contributed by atoms with Crippen molar-refractivity contribution in [2.75, 3.05) is 52.3 Å². The number of hydrogen-bond acceptors (Lipinski definition) is 7. The molecule has 0 aliphatic carbocycles.